The van der Waals surface area contributed by atoms with Crippen LogP contribution in [0, 0.1) is 0 Å². The molecule has 0 aliphatic heterocycles. The van der Waals surface area contributed by atoms with E-state index < -0.39 is 5.97 Å². The average Bonchev–Trinajstić information content (AvgIpc) is 2.88. The summed E-state index contributed by atoms with van der Waals surface area (Å²) in [4.78, 5) is 16.0. The minimum atomic E-state index is -0.400. The summed E-state index contributed by atoms with van der Waals surface area (Å²) >= 11 is 0. The number of imidazole rings is 1. The predicted molar refractivity (Wildman–Crippen MR) is 86.3 cm³/mol. The highest BCUT2D eigenvalue weighted by atomic mass is 16.5. The first-order valence-electron chi connectivity index (χ1n) is 7.12. The van der Waals surface area contributed by atoms with Gasteiger partial charge in [-0.05, 0) is 12.5 Å². The van der Waals surface area contributed by atoms with Gasteiger partial charge in [-0.3, -0.25) is 0 Å². The van der Waals surface area contributed by atoms with Gasteiger partial charge < -0.3 is 9.30 Å². The fraction of sp³-hybridized carbons (Fsp3) is 0.222. The van der Waals surface area contributed by atoms with Gasteiger partial charge in [0.2, 0.25) is 0 Å². The first-order valence-corrected chi connectivity index (χ1v) is 7.12. The van der Waals surface area contributed by atoms with Crippen LogP contribution < -0.4 is 0 Å². The molecule has 1 heterocycles. The van der Waals surface area contributed by atoms with Crippen LogP contribution in [0.5, 0.6) is 0 Å². The van der Waals surface area contributed by atoms with Crippen LogP contribution in [0.3, 0.4) is 0 Å². The van der Waals surface area contributed by atoms with Gasteiger partial charge in [-0.1, -0.05) is 43.0 Å². The second-order valence-corrected chi connectivity index (χ2v) is 5.11. The predicted octanol–water partition coefficient (Wildman–Crippen LogP) is 3.28. The van der Waals surface area contributed by atoms with E-state index in [0.717, 1.165) is 17.9 Å². The average molecular weight is 296 g/mol. The van der Waals surface area contributed by atoms with Crippen LogP contribution in [0.15, 0.2) is 61.3 Å². The first kappa shape index (κ1) is 15.8. The van der Waals surface area contributed by atoms with Crippen LogP contribution in [-0.4, -0.2) is 15.5 Å². The van der Waals surface area contributed by atoms with Crippen LogP contribution in [0.25, 0.3) is 0 Å². The number of esters is 1. The van der Waals surface area contributed by atoms with Crippen molar-refractivity contribution in [1.29, 1.82) is 0 Å². The van der Waals surface area contributed by atoms with Crippen molar-refractivity contribution in [2.75, 3.05) is 0 Å². The third-order valence-corrected chi connectivity index (χ3v) is 3.14. The summed E-state index contributed by atoms with van der Waals surface area (Å²) in [5.41, 5.74) is 2.29. The molecule has 0 bridgehead atoms. The lowest BCUT2D eigenvalue weighted by molar-refractivity contribution is -0.140. The Labute approximate surface area is 130 Å². The first-order chi connectivity index (χ1) is 10.6. The third-order valence-electron chi connectivity index (χ3n) is 3.14. The molecule has 0 N–H and O–H groups in total. The zero-order valence-corrected chi connectivity index (χ0v) is 12.8. The van der Waals surface area contributed by atoms with Gasteiger partial charge in [0.15, 0.2) is 0 Å². The number of hydrogen-bond acceptors (Lipinski definition) is 3. The molecule has 0 amide bonds. The molecule has 1 aromatic carbocycles. The van der Waals surface area contributed by atoms with Gasteiger partial charge in [0.1, 0.15) is 12.4 Å². The molecule has 0 saturated carbocycles. The standard InChI is InChI=1S/C18H20N2O2/c1-4-10-20-12-16(13-22-18(21)14(2)3)19-17(20)11-15-8-6-5-7-9-15/h4-9,12H,1-2,10-11,13H2,3H3. The molecular formula is C18H20N2O2. The Morgan fingerprint density at radius 3 is 2.73 bits per heavy atom. The van der Waals surface area contributed by atoms with Crippen LogP contribution in [0.2, 0.25) is 0 Å². The Hall–Kier alpha value is -2.62. The normalized spacial score (nSPS) is 10.2. The SMILES string of the molecule is C=CCn1cc(COC(=O)C(=C)C)nc1Cc1ccccc1. The molecule has 4 heteroatoms. The topological polar surface area (TPSA) is 44.1 Å². The molecule has 22 heavy (non-hydrogen) atoms. The van der Waals surface area contributed by atoms with Crippen LogP contribution in [-0.2, 0) is 29.1 Å². The van der Waals surface area contributed by atoms with Gasteiger partial charge in [0.05, 0.1) is 5.69 Å². The second-order valence-electron chi connectivity index (χ2n) is 5.11. The summed E-state index contributed by atoms with van der Waals surface area (Å²) in [6.07, 6.45) is 4.44. The molecule has 0 aliphatic carbocycles. The van der Waals surface area contributed by atoms with E-state index in [2.05, 4.69) is 30.3 Å². The van der Waals surface area contributed by atoms with Crippen molar-refractivity contribution in [2.24, 2.45) is 0 Å². The number of nitrogens with zero attached hydrogens (tertiary/aromatic N) is 2. The summed E-state index contributed by atoms with van der Waals surface area (Å²) in [6.45, 7) is 9.77. The molecule has 0 spiro atoms. The van der Waals surface area contributed by atoms with Crippen molar-refractivity contribution in [3.63, 3.8) is 0 Å². The molecule has 0 fully saturated rings. The zero-order chi connectivity index (χ0) is 15.9. The quantitative estimate of drug-likeness (QED) is 0.447. The molecular weight excluding hydrogens is 276 g/mol. The van der Waals surface area contributed by atoms with Crippen molar-refractivity contribution in [2.45, 2.75) is 26.5 Å². The number of allylic oxidation sites excluding steroid dienone is 1. The van der Waals surface area contributed by atoms with E-state index in [4.69, 9.17) is 4.74 Å². The Balaban J connectivity index is 2.13. The smallest absolute Gasteiger partial charge is 0.333 e. The Bertz CT molecular complexity index is 672. The molecule has 2 rings (SSSR count). The van der Waals surface area contributed by atoms with Gasteiger partial charge in [0.25, 0.3) is 0 Å². The highest BCUT2D eigenvalue weighted by Crippen LogP contribution is 2.12. The van der Waals surface area contributed by atoms with E-state index in [-0.39, 0.29) is 6.61 Å². The van der Waals surface area contributed by atoms with E-state index in [9.17, 15) is 4.79 Å². The van der Waals surface area contributed by atoms with Gasteiger partial charge >= 0.3 is 5.97 Å². The monoisotopic (exact) mass is 296 g/mol. The Morgan fingerprint density at radius 1 is 1.36 bits per heavy atom. The Morgan fingerprint density at radius 2 is 2.09 bits per heavy atom. The van der Waals surface area contributed by atoms with E-state index >= 15 is 0 Å². The molecule has 2 aromatic rings. The molecule has 4 nitrogen and oxygen atoms in total. The lowest BCUT2D eigenvalue weighted by Crippen LogP contribution is -2.05. The van der Waals surface area contributed by atoms with Crippen molar-refractivity contribution in [1.82, 2.24) is 9.55 Å². The fourth-order valence-electron chi connectivity index (χ4n) is 2.06. The van der Waals surface area contributed by atoms with E-state index in [1.807, 2.05) is 35.0 Å². The minimum absolute atomic E-state index is 0.150. The summed E-state index contributed by atoms with van der Waals surface area (Å²) in [7, 11) is 0. The minimum Gasteiger partial charge on any atom is -0.456 e. The summed E-state index contributed by atoms with van der Waals surface area (Å²) in [6, 6.07) is 10.1. The summed E-state index contributed by atoms with van der Waals surface area (Å²) < 4.78 is 7.16. The van der Waals surface area contributed by atoms with E-state index in [0.29, 0.717) is 12.1 Å². The number of carbonyl (C=O) groups excluding carboxylic acids is 1. The lowest BCUT2D eigenvalue weighted by Gasteiger charge is -2.04. The van der Waals surface area contributed by atoms with E-state index in [1.165, 1.54) is 5.56 Å². The van der Waals surface area contributed by atoms with Crippen molar-refractivity contribution in [3.05, 3.63) is 78.4 Å². The molecule has 114 valence electrons. The number of ether oxygens (including phenoxy) is 1. The maximum Gasteiger partial charge on any atom is 0.333 e. The number of rotatable bonds is 7. The van der Waals surface area contributed by atoms with Gasteiger partial charge in [-0.2, -0.15) is 0 Å². The van der Waals surface area contributed by atoms with Crippen LogP contribution in [0.1, 0.15) is 24.0 Å². The van der Waals surface area contributed by atoms with Crippen LogP contribution in [0.4, 0.5) is 0 Å². The molecule has 0 aliphatic rings. The van der Waals surface area contributed by atoms with Crippen LogP contribution >= 0.6 is 0 Å². The number of hydrogen-bond donors (Lipinski definition) is 0. The molecule has 0 unspecified atom stereocenters. The molecule has 0 saturated heterocycles. The Kier molecular flexibility index (Phi) is 5.31. The summed E-state index contributed by atoms with van der Waals surface area (Å²) in [5, 5.41) is 0. The number of aromatic nitrogens is 2. The van der Waals surface area contributed by atoms with Gasteiger partial charge in [0, 0.05) is 24.7 Å². The largest absolute Gasteiger partial charge is 0.456 e. The molecule has 0 radical (unpaired) electrons. The maximum absolute atomic E-state index is 11.5. The number of carbonyl (C=O) groups is 1. The molecule has 1 aromatic heterocycles. The fourth-order valence-corrected chi connectivity index (χ4v) is 2.06. The van der Waals surface area contributed by atoms with Crippen molar-refractivity contribution >= 4 is 5.97 Å². The highest BCUT2D eigenvalue weighted by molar-refractivity contribution is 5.86. The highest BCUT2D eigenvalue weighted by Gasteiger charge is 2.10. The molecule has 0 atom stereocenters. The van der Waals surface area contributed by atoms with Crippen molar-refractivity contribution in [3.8, 4) is 0 Å². The van der Waals surface area contributed by atoms with Gasteiger partial charge in [-0.25, -0.2) is 9.78 Å². The third kappa shape index (κ3) is 4.19. The van der Waals surface area contributed by atoms with Gasteiger partial charge in [-0.15, -0.1) is 6.58 Å². The number of benzene rings is 1. The second kappa shape index (κ2) is 7.41. The van der Waals surface area contributed by atoms with E-state index in [1.54, 1.807) is 6.92 Å². The lowest BCUT2D eigenvalue weighted by atomic mass is 10.1. The van der Waals surface area contributed by atoms with Crippen molar-refractivity contribution < 1.29 is 9.53 Å². The summed E-state index contributed by atoms with van der Waals surface area (Å²) in [5.74, 6) is 0.523. The maximum atomic E-state index is 11.5. The zero-order valence-electron chi connectivity index (χ0n) is 12.8.